The molecule has 0 aromatic heterocycles. The number of hydrogen-bond donors (Lipinski definition) is 0. The lowest BCUT2D eigenvalue weighted by Gasteiger charge is -2.25. The number of hydrogen-bond acceptors (Lipinski definition) is 4. The topological polar surface area (TPSA) is 61.6 Å². The molecule has 17 heavy (non-hydrogen) atoms. The summed E-state index contributed by atoms with van der Waals surface area (Å²) in [5.41, 5.74) is -0.631. The lowest BCUT2D eigenvalue weighted by atomic mass is 10.1. The highest BCUT2D eigenvalue weighted by Gasteiger charge is 2.25. The SMILES string of the molecule is O=[N+]([O-])c1c(F)cc(Br)cc1OCC1COC1. The lowest BCUT2D eigenvalue weighted by Crippen LogP contribution is -2.32. The second kappa shape index (κ2) is 4.97. The van der Waals surface area contributed by atoms with Crippen molar-refractivity contribution < 1.29 is 18.8 Å². The average Bonchev–Trinajstić information content (AvgIpc) is 2.12. The van der Waals surface area contributed by atoms with Crippen LogP contribution in [0.4, 0.5) is 10.1 Å². The Hall–Kier alpha value is -1.21. The predicted octanol–water partition coefficient (Wildman–Crippen LogP) is 2.52. The molecule has 1 aliphatic heterocycles. The number of nitrogens with zero attached hydrogens (tertiary/aromatic N) is 1. The van der Waals surface area contributed by atoms with Crippen LogP contribution in [0.1, 0.15) is 0 Å². The van der Waals surface area contributed by atoms with E-state index in [-0.39, 0.29) is 18.3 Å². The van der Waals surface area contributed by atoms with E-state index in [0.29, 0.717) is 17.7 Å². The quantitative estimate of drug-likeness (QED) is 0.633. The van der Waals surface area contributed by atoms with Gasteiger partial charge in [-0.15, -0.1) is 0 Å². The molecular formula is C10H9BrFNO4. The molecule has 0 bridgehead atoms. The van der Waals surface area contributed by atoms with Crippen LogP contribution in [0.2, 0.25) is 0 Å². The Labute approximate surface area is 105 Å². The summed E-state index contributed by atoms with van der Waals surface area (Å²) in [6.45, 7) is 1.44. The summed E-state index contributed by atoms with van der Waals surface area (Å²) in [4.78, 5) is 9.94. The van der Waals surface area contributed by atoms with Crippen molar-refractivity contribution in [3.05, 3.63) is 32.5 Å². The van der Waals surface area contributed by atoms with Crippen LogP contribution < -0.4 is 4.74 Å². The van der Waals surface area contributed by atoms with Crippen LogP contribution >= 0.6 is 15.9 Å². The fraction of sp³-hybridized carbons (Fsp3) is 0.400. The standard InChI is InChI=1S/C10H9BrFNO4/c11-7-1-8(12)10(13(14)15)9(2-7)17-5-6-3-16-4-6/h1-2,6H,3-5H2. The summed E-state index contributed by atoms with van der Waals surface area (Å²) in [7, 11) is 0. The molecule has 0 radical (unpaired) electrons. The van der Waals surface area contributed by atoms with Crippen LogP contribution in [0.15, 0.2) is 16.6 Å². The Kier molecular flexibility index (Phi) is 3.58. The molecule has 0 saturated carbocycles. The third-order valence-corrected chi connectivity index (χ3v) is 2.82. The number of nitro groups is 1. The Balaban J connectivity index is 2.20. The van der Waals surface area contributed by atoms with Gasteiger partial charge in [0.25, 0.3) is 0 Å². The molecule has 5 nitrogen and oxygen atoms in total. The average molecular weight is 306 g/mol. The molecule has 0 aliphatic carbocycles. The van der Waals surface area contributed by atoms with Crippen LogP contribution in [-0.2, 0) is 4.74 Å². The van der Waals surface area contributed by atoms with Gasteiger partial charge in [-0.2, -0.15) is 4.39 Å². The van der Waals surface area contributed by atoms with Gasteiger partial charge < -0.3 is 9.47 Å². The Bertz CT molecular complexity index is 450. The van der Waals surface area contributed by atoms with Crippen LogP contribution in [0.5, 0.6) is 5.75 Å². The first-order chi connectivity index (χ1) is 8.08. The van der Waals surface area contributed by atoms with Crippen LogP contribution in [0.3, 0.4) is 0 Å². The van der Waals surface area contributed by atoms with Gasteiger partial charge in [-0.25, -0.2) is 0 Å². The third kappa shape index (κ3) is 2.73. The monoisotopic (exact) mass is 305 g/mol. The van der Waals surface area contributed by atoms with E-state index in [9.17, 15) is 14.5 Å². The van der Waals surface area contributed by atoms with E-state index in [0.717, 1.165) is 6.07 Å². The smallest absolute Gasteiger partial charge is 0.346 e. The minimum Gasteiger partial charge on any atom is -0.486 e. The van der Waals surface area contributed by atoms with E-state index in [2.05, 4.69) is 15.9 Å². The van der Waals surface area contributed by atoms with Gasteiger partial charge in [-0.3, -0.25) is 10.1 Å². The maximum atomic E-state index is 13.4. The molecule has 1 heterocycles. The van der Waals surface area contributed by atoms with Gasteiger partial charge in [0.15, 0.2) is 0 Å². The molecule has 2 rings (SSSR count). The summed E-state index contributed by atoms with van der Waals surface area (Å²) < 4.78 is 24.0. The van der Waals surface area contributed by atoms with E-state index in [1.54, 1.807) is 0 Å². The first-order valence-corrected chi connectivity index (χ1v) is 5.71. The molecule has 7 heteroatoms. The lowest BCUT2D eigenvalue weighted by molar-refractivity contribution is -0.388. The summed E-state index contributed by atoms with van der Waals surface area (Å²) in [6.07, 6.45) is 0. The van der Waals surface area contributed by atoms with Gasteiger partial charge in [0.05, 0.1) is 24.7 Å². The van der Waals surface area contributed by atoms with E-state index < -0.39 is 16.4 Å². The number of benzene rings is 1. The number of nitro benzene ring substituents is 1. The molecule has 1 aromatic rings. The van der Waals surface area contributed by atoms with E-state index in [1.807, 2.05) is 0 Å². The highest BCUT2D eigenvalue weighted by Crippen LogP contribution is 2.33. The van der Waals surface area contributed by atoms with Crippen LogP contribution in [0.25, 0.3) is 0 Å². The second-order valence-corrected chi connectivity index (χ2v) is 4.62. The maximum Gasteiger partial charge on any atom is 0.346 e. The Morgan fingerprint density at radius 1 is 1.59 bits per heavy atom. The van der Waals surface area contributed by atoms with Gasteiger partial charge >= 0.3 is 5.69 Å². The highest BCUT2D eigenvalue weighted by atomic mass is 79.9. The normalized spacial score (nSPS) is 15.4. The molecule has 0 spiro atoms. The predicted molar refractivity (Wildman–Crippen MR) is 60.6 cm³/mol. The number of halogens is 2. The first kappa shape index (κ1) is 12.3. The van der Waals surface area contributed by atoms with Gasteiger partial charge in [0.1, 0.15) is 0 Å². The van der Waals surface area contributed by atoms with E-state index in [4.69, 9.17) is 9.47 Å². The molecular weight excluding hydrogens is 297 g/mol. The molecule has 0 atom stereocenters. The zero-order chi connectivity index (χ0) is 12.4. The summed E-state index contributed by atoms with van der Waals surface area (Å²) in [5.74, 6) is -0.755. The maximum absolute atomic E-state index is 13.4. The minimum absolute atomic E-state index is 0.0613. The minimum atomic E-state index is -0.913. The van der Waals surface area contributed by atoms with Gasteiger partial charge in [0.2, 0.25) is 11.6 Å². The summed E-state index contributed by atoms with van der Waals surface area (Å²) >= 11 is 3.07. The molecule has 0 amide bonds. The van der Waals surface area contributed by atoms with Crippen LogP contribution in [-0.4, -0.2) is 24.7 Å². The number of ether oxygens (including phenoxy) is 2. The Morgan fingerprint density at radius 2 is 2.29 bits per heavy atom. The second-order valence-electron chi connectivity index (χ2n) is 3.71. The van der Waals surface area contributed by atoms with E-state index in [1.165, 1.54) is 6.07 Å². The zero-order valence-electron chi connectivity index (χ0n) is 8.69. The molecule has 1 fully saturated rings. The van der Waals surface area contributed by atoms with Crippen molar-refractivity contribution >= 4 is 21.6 Å². The molecule has 0 unspecified atom stereocenters. The summed E-state index contributed by atoms with van der Waals surface area (Å²) in [6, 6.07) is 2.43. The van der Waals surface area contributed by atoms with Gasteiger partial charge in [-0.05, 0) is 6.07 Å². The van der Waals surface area contributed by atoms with Gasteiger partial charge in [0, 0.05) is 16.5 Å². The fourth-order valence-electron chi connectivity index (χ4n) is 1.42. The number of rotatable bonds is 4. The largest absolute Gasteiger partial charge is 0.486 e. The third-order valence-electron chi connectivity index (χ3n) is 2.36. The molecule has 92 valence electrons. The van der Waals surface area contributed by atoms with Crippen molar-refractivity contribution in [2.24, 2.45) is 5.92 Å². The Morgan fingerprint density at radius 3 is 2.82 bits per heavy atom. The molecule has 1 saturated heterocycles. The van der Waals surface area contributed by atoms with Crippen molar-refractivity contribution in [3.63, 3.8) is 0 Å². The molecule has 1 aliphatic rings. The van der Waals surface area contributed by atoms with Crippen molar-refractivity contribution in [1.29, 1.82) is 0 Å². The van der Waals surface area contributed by atoms with Crippen molar-refractivity contribution in [3.8, 4) is 5.75 Å². The summed E-state index contributed by atoms with van der Waals surface area (Å²) in [5, 5.41) is 10.7. The van der Waals surface area contributed by atoms with Crippen LogP contribution in [0, 0.1) is 21.8 Å². The first-order valence-electron chi connectivity index (χ1n) is 4.92. The fourth-order valence-corrected chi connectivity index (χ4v) is 1.83. The van der Waals surface area contributed by atoms with Gasteiger partial charge in [-0.1, -0.05) is 15.9 Å². The highest BCUT2D eigenvalue weighted by molar-refractivity contribution is 9.10. The zero-order valence-corrected chi connectivity index (χ0v) is 10.3. The molecule has 1 aromatic carbocycles. The van der Waals surface area contributed by atoms with Crippen molar-refractivity contribution in [1.82, 2.24) is 0 Å². The molecule has 0 N–H and O–H groups in total. The van der Waals surface area contributed by atoms with Crippen molar-refractivity contribution in [2.75, 3.05) is 19.8 Å². The van der Waals surface area contributed by atoms with E-state index >= 15 is 0 Å². The van der Waals surface area contributed by atoms with Crippen molar-refractivity contribution in [2.45, 2.75) is 0 Å².